The molecule has 1 saturated heterocycles. The van der Waals surface area contributed by atoms with Gasteiger partial charge in [0.1, 0.15) is 10.7 Å². The number of anilines is 1. The van der Waals surface area contributed by atoms with Crippen LogP contribution in [0.1, 0.15) is 10.4 Å². The lowest BCUT2D eigenvalue weighted by molar-refractivity contribution is 0.0729. The number of carbonyl (C=O) groups excluding carboxylic acids is 1. The van der Waals surface area contributed by atoms with Gasteiger partial charge in [-0.25, -0.2) is 12.8 Å². The Kier molecular flexibility index (Phi) is 5.90. The maximum atomic E-state index is 14.2. The van der Waals surface area contributed by atoms with Crippen molar-refractivity contribution in [3.8, 4) is 0 Å². The van der Waals surface area contributed by atoms with Gasteiger partial charge in [0, 0.05) is 22.3 Å². The highest BCUT2D eigenvalue weighted by Gasteiger charge is 2.29. The molecule has 1 amide bonds. The number of ether oxygens (including phenoxy) is 1. The third kappa shape index (κ3) is 4.05. The molecule has 0 unspecified atom stereocenters. The average Bonchev–Trinajstić information content (AvgIpc) is 2.64. The summed E-state index contributed by atoms with van der Waals surface area (Å²) in [5.41, 5.74) is 0.665. The third-order valence-corrected chi connectivity index (χ3v) is 6.75. The Morgan fingerprint density at radius 3 is 2.54 bits per heavy atom. The molecule has 1 aliphatic rings. The molecule has 0 radical (unpaired) electrons. The van der Waals surface area contributed by atoms with Crippen molar-refractivity contribution in [1.29, 1.82) is 0 Å². The van der Waals surface area contributed by atoms with Gasteiger partial charge in [0.2, 0.25) is 10.0 Å². The molecule has 1 fully saturated rings. The van der Waals surface area contributed by atoms with Crippen LogP contribution in [0.15, 0.2) is 47.4 Å². The van der Waals surface area contributed by atoms with E-state index in [4.69, 9.17) is 4.74 Å². The summed E-state index contributed by atoms with van der Waals surface area (Å²) >= 11 is 2.04. The second kappa shape index (κ2) is 7.99. The number of sulfonamides is 1. The first kappa shape index (κ1) is 19.2. The van der Waals surface area contributed by atoms with E-state index in [0.717, 1.165) is 15.7 Å². The number of benzene rings is 2. The topological polar surface area (TPSA) is 75.7 Å². The number of halogens is 2. The number of rotatable bonds is 4. The first-order valence-corrected chi connectivity index (χ1v) is 10.3. The highest BCUT2D eigenvalue weighted by atomic mass is 127. The lowest BCUT2D eigenvalue weighted by atomic mass is 10.2. The highest BCUT2D eigenvalue weighted by molar-refractivity contribution is 14.1. The van der Waals surface area contributed by atoms with Gasteiger partial charge < -0.3 is 10.1 Å². The van der Waals surface area contributed by atoms with Crippen molar-refractivity contribution >= 4 is 44.2 Å². The molecule has 0 aliphatic carbocycles. The minimum Gasteiger partial charge on any atom is -0.379 e. The lowest BCUT2D eigenvalue weighted by Crippen LogP contribution is -2.40. The van der Waals surface area contributed by atoms with E-state index < -0.39 is 26.6 Å². The molecule has 1 aliphatic heterocycles. The molecule has 0 atom stereocenters. The van der Waals surface area contributed by atoms with Crippen LogP contribution in [0.5, 0.6) is 0 Å². The zero-order chi connectivity index (χ0) is 18.7. The van der Waals surface area contributed by atoms with Crippen LogP contribution in [0, 0.1) is 9.39 Å². The summed E-state index contributed by atoms with van der Waals surface area (Å²) in [5, 5.41) is 2.62. The van der Waals surface area contributed by atoms with E-state index >= 15 is 0 Å². The predicted octanol–water partition coefficient (Wildman–Crippen LogP) is 2.70. The molecule has 3 rings (SSSR count). The number of hydrogen-bond acceptors (Lipinski definition) is 4. The van der Waals surface area contributed by atoms with E-state index in [9.17, 15) is 17.6 Å². The van der Waals surface area contributed by atoms with Gasteiger partial charge >= 0.3 is 0 Å². The monoisotopic (exact) mass is 490 g/mol. The molecule has 0 saturated carbocycles. The molecule has 0 spiro atoms. The summed E-state index contributed by atoms with van der Waals surface area (Å²) in [4.78, 5) is 11.9. The van der Waals surface area contributed by atoms with Gasteiger partial charge in [-0.05, 0) is 52.9 Å². The molecule has 9 heteroatoms. The van der Waals surface area contributed by atoms with Gasteiger partial charge in [-0.1, -0.05) is 12.1 Å². The second-order valence-electron chi connectivity index (χ2n) is 5.60. The molecule has 138 valence electrons. The molecule has 0 aromatic heterocycles. The van der Waals surface area contributed by atoms with Crippen molar-refractivity contribution in [3.63, 3.8) is 0 Å². The minimum absolute atomic E-state index is 0.167. The van der Waals surface area contributed by atoms with E-state index in [1.807, 2.05) is 28.7 Å². The van der Waals surface area contributed by atoms with Gasteiger partial charge in [-0.2, -0.15) is 4.31 Å². The molecule has 6 nitrogen and oxygen atoms in total. The van der Waals surface area contributed by atoms with Crippen molar-refractivity contribution < 1.29 is 22.3 Å². The average molecular weight is 490 g/mol. The van der Waals surface area contributed by atoms with Gasteiger partial charge in [0.15, 0.2) is 0 Å². The minimum atomic E-state index is -4.00. The van der Waals surface area contributed by atoms with Gasteiger partial charge in [-0.3, -0.25) is 4.79 Å². The van der Waals surface area contributed by atoms with Crippen molar-refractivity contribution in [2.75, 3.05) is 31.6 Å². The summed E-state index contributed by atoms with van der Waals surface area (Å²) < 4.78 is 46.6. The zero-order valence-electron chi connectivity index (χ0n) is 13.6. The second-order valence-corrected chi connectivity index (χ2v) is 8.66. The van der Waals surface area contributed by atoms with Crippen LogP contribution in [0.3, 0.4) is 0 Å². The van der Waals surface area contributed by atoms with Crippen molar-refractivity contribution in [2.45, 2.75) is 4.90 Å². The van der Waals surface area contributed by atoms with Gasteiger partial charge in [0.25, 0.3) is 5.91 Å². The van der Waals surface area contributed by atoms with Crippen molar-refractivity contribution in [3.05, 3.63) is 57.4 Å². The summed E-state index contributed by atoms with van der Waals surface area (Å²) in [6, 6.07) is 10.5. The Bertz CT molecular complexity index is 930. The summed E-state index contributed by atoms with van der Waals surface area (Å²) in [5.74, 6) is -1.25. The lowest BCUT2D eigenvalue weighted by Gasteiger charge is -2.26. The molecular weight excluding hydrogens is 474 g/mol. The maximum Gasteiger partial charge on any atom is 0.256 e. The summed E-state index contributed by atoms with van der Waals surface area (Å²) in [6.07, 6.45) is 0. The maximum absolute atomic E-state index is 14.2. The fraction of sp³-hybridized carbons (Fsp3) is 0.235. The third-order valence-electron chi connectivity index (χ3n) is 3.90. The van der Waals surface area contributed by atoms with Crippen molar-refractivity contribution in [1.82, 2.24) is 4.31 Å². The molecule has 2 aromatic carbocycles. The largest absolute Gasteiger partial charge is 0.379 e. The normalized spacial score (nSPS) is 15.6. The highest BCUT2D eigenvalue weighted by Crippen LogP contribution is 2.24. The Balaban J connectivity index is 1.88. The van der Waals surface area contributed by atoms with E-state index in [1.54, 1.807) is 18.2 Å². The standard InChI is InChI=1S/C17H16FIN2O4S/c18-14-6-5-12(20-17(22)13-3-1-2-4-15(13)19)11-16(14)26(23,24)21-7-9-25-10-8-21/h1-6,11H,7-10H2,(H,20,22). The van der Waals surface area contributed by atoms with Crippen LogP contribution in [0.25, 0.3) is 0 Å². The van der Waals surface area contributed by atoms with Crippen molar-refractivity contribution in [2.24, 2.45) is 0 Å². The number of hydrogen-bond donors (Lipinski definition) is 1. The Morgan fingerprint density at radius 1 is 1.15 bits per heavy atom. The summed E-state index contributed by atoms with van der Waals surface area (Å²) in [7, 11) is -4.00. The van der Waals surface area contributed by atoms with Crippen LogP contribution in [-0.4, -0.2) is 44.9 Å². The van der Waals surface area contributed by atoms with E-state index in [1.165, 1.54) is 10.4 Å². The zero-order valence-corrected chi connectivity index (χ0v) is 16.6. The van der Waals surface area contributed by atoms with Crippen LogP contribution in [0.4, 0.5) is 10.1 Å². The molecule has 2 aromatic rings. The fourth-order valence-corrected chi connectivity index (χ4v) is 4.68. The van der Waals surface area contributed by atoms with Gasteiger partial charge in [-0.15, -0.1) is 0 Å². The summed E-state index contributed by atoms with van der Waals surface area (Å²) in [6.45, 7) is 0.870. The number of carbonyl (C=O) groups is 1. The molecule has 1 heterocycles. The number of morpholine rings is 1. The Morgan fingerprint density at radius 2 is 1.85 bits per heavy atom. The SMILES string of the molecule is O=C(Nc1ccc(F)c(S(=O)(=O)N2CCOCC2)c1)c1ccccc1I. The predicted molar refractivity (Wildman–Crippen MR) is 103 cm³/mol. The number of nitrogens with zero attached hydrogens (tertiary/aromatic N) is 1. The van der Waals surface area contributed by atoms with Crippen LogP contribution in [0.2, 0.25) is 0 Å². The van der Waals surface area contributed by atoms with Crippen LogP contribution >= 0.6 is 22.6 Å². The molecule has 1 N–H and O–H groups in total. The van der Waals surface area contributed by atoms with E-state index in [0.29, 0.717) is 5.56 Å². The molecule has 26 heavy (non-hydrogen) atoms. The molecule has 0 bridgehead atoms. The van der Waals surface area contributed by atoms with E-state index in [2.05, 4.69) is 5.32 Å². The molecular formula is C17H16FIN2O4S. The van der Waals surface area contributed by atoms with Crippen LogP contribution in [-0.2, 0) is 14.8 Å². The fourth-order valence-electron chi connectivity index (χ4n) is 2.55. The first-order valence-electron chi connectivity index (χ1n) is 7.83. The number of amides is 1. The van der Waals surface area contributed by atoms with E-state index in [-0.39, 0.29) is 32.0 Å². The Labute approximate surface area is 164 Å². The van der Waals surface area contributed by atoms with Crippen LogP contribution < -0.4 is 5.32 Å². The number of nitrogens with one attached hydrogen (secondary N) is 1. The first-order chi connectivity index (χ1) is 12.4. The quantitative estimate of drug-likeness (QED) is 0.670. The Hall–Kier alpha value is -1.56. The smallest absolute Gasteiger partial charge is 0.256 e. The van der Waals surface area contributed by atoms with Gasteiger partial charge in [0.05, 0.1) is 18.8 Å².